The predicted molar refractivity (Wildman–Crippen MR) is 61.3 cm³/mol. The Morgan fingerprint density at radius 1 is 1.40 bits per heavy atom. The number of nitrogens with one attached hydrogen (secondary N) is 1. The van der Waals surface area contributed by atoms with Crippen molar-refractivity contribution in [2.45, 2.75) is 32.7 Å². The molecule has 0 aliphatic carbocycles. The molecule has 1 aromatic rings. The summed E-state index contributed by atoms with van der Waals surface area (Å²) in [6.45, 7) is 3.80. The Bertz CT molecular complexity index is 345. The molecule has 80 valence electrons. The van der Waals surface area contributed by atoms with E-state index in [1.54, 1.807) is 6.20 Å². The Balaban J connectivity index is 2.64. The summed E-state index contributed by atoms with van der Waals surface area (Å²) in [7, 11) is 1.94. The molecule has 1 N–H and O–H groups in total. The van der Waals surface area contributed by atoms with Crippen LogP contribution in [0, 0.1) is 18.8 Å². The van der Waals surface area contributed by atoms with Crippen LogP contribution in [0.3, 0.4) is 0 Å². The molecule has 1 heterocycles. The molecular weight excluding hydrogens is 186 g/mol. The lowest BCUT2D eigenvalue weighted by Crippen LogP contribution is -2.17. The Morgan fingerprint density at radius 3 is 2.73 bits per heavy atom. The number of aromatic nitrogens is 2. The first-order valence-corrected chi connectivity index (χ1v) is 5.13. The number of hydrogen-bond acceptors (Lipinski definition) is 3. The average molecular weight is 203 g/mol. The number of hydrogen-bond donors (Lipinski definition) is 1. The lowest BCUT2D eigenvalue weighted by molar-refractivity contribution is 0.541. The van der Waals surface area contributed by atoms with Gasteiger partial charge in [0.25, 0.3) is 0 Å². The molecule has 0 amide bonds. The first-order chi connectivity index (χ1) is 7.27. The maximum Gasteiger partial charge on any atom is 0.0756 e. The zero-order valence-corrected chi connectivity index (χ0v) is 9.54. The van der Waals surface area contributed by atoms with Gasteiger partial charge in [0, 0.05) is 12.6 Å². The second-order valence-electron chi connectivity index (χ2n) is 3.39. The van der Waals surface area contributed by atoms with Crippen molar-refractivity contribution in [2.24, 2.45) is 0 Å². The largest absolute Gasteiger partial charge is 0.312 e. The molecule has 0 aliphatic rings. The summed E-state index contributed by atoms with van der Waals surface area (Å²) in [5.74, 6) is 5.95. The van der Waals surface area contributed by atoms with Crippen molar-refractivity contribution in [1.29, 1.82) is 0 Å². The summed E-state index contributed by atoms with van der Waals surface area (Å²) in [5.41, 5.74) is 1.93. The van der Waals surface area contributed by atoms with Gasteiger partial charge in [0.05, 0.1) is 23.6 Å². The first-order valence-electron chi connectivity index (χ1n) is 5.13. The highest BCUT2D eigenvalue weighted by Gasteiger charge is 2.09. The molecule has 0 radical (unpaired) electrons. The van der Waals surface area contributed by atoms with Crippen LogP contribution in [0.1, 0.15) is 37.2 Å². The third kappa shape index (κ3) is 3.69. The van der Waals surface area contributed by atoms with Gasteiger partial charge in [-0.25, -0.2) is 0 Å². The van der Waals surface area contributed by atoms with Crippen molar-refractivity contribution in [3.8, 4) is 11.8 Å². The number of aryl methyl sites for hydroxylation is 1. The lowest BCUT2D eigenvalue weighted by Gasteiger charge is -2.13. The van der Waals surface area contributed by atoms with E-state index in [0.717, 1.165) is 24.2 Å². The van der Waals surface area contributed by atoms with E-state index in [9.17, 15) is 0 Å². The Morgan fingerprint density at radius 2 is 2.20 bits per heavy atom. The fourth-order valence-electron chi connectivity index (χ4n) is 1.36. The molecule has 0 saturated carbocycles. The molecule has 0 spiro atoms. The monoisotopic (exact) mass is 203 g/mol. The Kier molecular flexibility index (Phi) is 4.79. The van der Waals surface area contributed by atoms with Crippen LogP contribution >= 0.6 is 0 Å². The molecule has 1 aromatic heterocycles. The molecule has 1 unspecified atom stereocenters. The van der Waals surface area contributed by atoms with Crippen molar-refractivity contribution in [3.63, 3.8) is 0 Å². The van der Waals surface area contributed by atoms with Gasteiger partial charge in [0.2, 0.25) is 0 Å². The van der Waals surface area contributed by atoms with Crippen LogP contribution in [-0.4, -0.2) is 17.0 Å². The van der Waals surface area contributed by atoms with E-state index in [1.807, 2.05) is 27.1 Å². The molecule has 0 aliphatic heterocycles. The number of nitrogens with zero attached hydrogens (tertiary/aromatic N) is 2. The standard InChI is InChI=1S/C12H17N3/c1-4-5-6-7-11(13-3)12-9-14-10(2)8-15-12/h8-9,11,13H,6-7H2,1-3H3. The molecule has 0 saturated heterocycles. The summed E-state index contributed by atoms with van der Waals surface area (Å²) in [5, 5.41) is 3.23. The molecule has 1 rings (SSSR count). The highest BCUT2D eigenvalue weighted by Crippen LogP contribution is 2.14. The molecular formula is C12H17N3. The second kappa shape index (κ2) is 6.15. The van der Waals surface area contributed by atoms with Crippen molar-refractivity contribution in [3.05, 3.63) is 23.8 Å². The first kappa shape index (κ1) is 11.7. The van der Waals surface area contributed by atoms with Crippen molar-refractivity contribution in [1.82, 2.24) is 15.3 Å². The van der Waals surface area contributed by atoms with Gasteiger partial charge in [-0.05, 0) is 27.3 Å². The number of rotatable bonds is 4. The second-order valence-corrected chi connectivity index (χ2v) is 3.39. The minimum atomic E-state index is 0.249. The normalized spacial score (nSPS) is 11.7. The highest BCUT2D eigenvalue weighted by molar-refractivity contribution is 5.07. The molecule has 15 heavy (non-hydrogen) atoms. The quantitative estimate of drug-likeness (QED) is 0.759. The van der Waals surface area contributed by atoms with Crippen LogP contribution in [0.5, 0.6) is 0 Å². The van der Waals surface area contributed by atoms with Crippen molar-refractivity contribution in [2.75, 3.05) is 7.05 Å². The summed E-state index contributed by atoms with van der Waals surface area (Å²) in [4.78, 5) is 8.59. The van der Waals surface area contributed by atoms with Gasteiger partial charge >= 0.3 is 0 Å². The fourth-order valence-corrected chi connectivity index (χ4v) is 1.36. The van der Waals surface area contributed by atoms with E-state index >= 15 is 0 Å². The van der Waals surface area contributed by atoms with E-state index in [1.165, 1.54) is 0 Å². The summed E-state index contributed by atoms with van der Waals surface area (Å²) >= 11 is 0. The van der Waals surface area contributed by atoms with Crippen LogP contribution in [-0.2, 0) is 0 Å². The molecule has 3 nitrogen and oxygen atoms in total. The summed E-state index contributed by atoms with van der Waals surface area (Å²) in [6, 6.07) is 0.249. The van der Waals surface area contributed by atoms with Crippen LogP contribution in [0.4, 0.5) is 0 Å². The predicted octanol–water partition coefficient (Wildman–Crippen LogP) is 1.85. The zero-order valence-electron chi connectivity index (χ0n) is 9.54. The van der Waals surface area contributed by atoms with Crippen molar-refractivity contribution >= 4 is 0 Å². The van der Waals surface area contributed by atoms with Gasteiger partial charge < -0.3 is 5.32 Å². The van der Waals surface area contributed by atoms with Gasteiger partial charge in [0.15, 0.2) is 0 Å². The molecule has 3 heteroatoms. The van der Waals surface area contributed by atoms with Crippen LogP contribution in [0.25, 0.3) is 0 Å². The van der Waals surface area contributed by atoms with Crippen molar-refractivity contribution < 1.29 is 0 Å². The zero-order chi connectivity index (χ0) is 11.1. The summed E-state index contributed by atoms with van der Waals surface area (Å²) < 4.78 is 0. The van der Waals surface area contributed by atoms with Crippen LogP contribution < -0.4 is 5.32 Å². The molecule has 0 fully saturated rings. The third-order valence-electron chi connectivity index (χ3n) is 2.24. The Hall–Kier alpha value is -1.40. The van der Waals surface area contributed by atoms with Gasteiger partial charge in [-0.3, -0.25) is 9.97 Å². The third-order valence-corrected chi connectivity index (χ3v) is 2.24. The maximum absolute atomic E-state index is 4.35. The average Bonchev–Trinajstić information content (AvgIpc) is 2.26. The van der Waals surface area contributed by atoms with Crippen LogP contribution in [0.2, 0.25) is 0 Å². The fraction of sp³-hybridized carbons (Fsp3) is 0.500. The van der Waals surface area contributed by atoms with E-state index < -0.39 is 0 Å². The van der Waals surface area contributed by atoms with Gasteiger partial charge in [-0.15, -0.1) is 11.8 Å². The minimum Gasteiger partial charge on any atom is -0.312 e. The minimum absolute atomic E-state index is 0.249. The summed E-state index contributed by atoms with van der Waals surface area (Å²) in [6.07, 6.45) is 5.48. The van der Waals surface area contributed by atoms with Gasteiger partial charge in [0.1, 0.15) is 0 Å². The Labute approximate surface area is 91.3 Å². The molecule has 0 aromatic carbocycles. The highest BCUT2D eigenvalue weighted by atomic mass is 14.9. The molecule has 1 atom stereocenters. The van der Waals surface area contributed by atoms with E-state index in [2.05, 4.69) is 27.1 Å². The van der Waals surface area contributed by atoms with Crippen LogP contribution in [0.15, 0.2) is 12.4 Å². The van der Waals surface area contributed by atoms with E-state index in [4.69, 9.17) is 0 Å². The van der Waals surface area contributed by atoms with E-state index in [-0.39, 0.29) is 6.04 Å². The smallest absolute Gasteiger partial charge is 0.0756 e. The lowest BCUT2D eigenvalue weighted by atomic mass is 10.1. The topological polar surface area (TPSA) is 37.8 Å². The maximum atomic E-state index is 4.35. The van der Waals surface area contributed by atoms with Gasteiger partial charge in [-0.2, -0.15) is 0 Å². The van der Waals surface area contributed by atoms with Gasteiger partial charge in [-0.1, -0.05) is 0 Å². The van der Waals surface area contributed by atoms with E-state index in [0.29, 0.717) is 0 Å². The molecule has 0 bridgehead atoms. The SMILES string of the molecule is CC#CCCC(NC)c1cnc(C)cn1.